The molecule has 6 rings (SSSR count). The number of benzene rings is 2. The zero-order valence-corrected chi connectivity index (χ0v) is 23.1. The van der Waals surface area contributed by atoms with Crippen LogP contribution in [0.15, 0.2) is 48.5 Å². The number of carbonyl (C=O) groups excluding carboxylic acids is 1. The number of hydrogen-bond donors (Lipinski definition) is 2. The molecule has 4 heterocycles. The maximum absolute atomic E-state index is 13.5. The second-order valence-electron chi connectivity index (χ2n) is 10.5. The predicted octanol–water partition coefficient (Wildman–Crippen LogP) is 7.56. The van der Waals surface area contributed by atoms with Crippen LogP contribution >= 0.6 is 34.0 Å². The van der Waals surface area contributed by atoms with Gasteiger partial charge in [0.05, 0.1) is 20.0 Å². The first-order valence-electron chi connectivity index (χ1n) is 11.8. The van der Waals surface area contributed by atoms with E-state index in [1.165, 1.54) is 33.9 Å². The van der Waals surface area contributed by atoms with Crippen LogP contribution in [-0.2, 0) is 12.0 Å². The molecule has 1 aliphatic heterocycles. The molecule has 37 heavy (non-hydrogen) atoms. The summed E-state index contributed by atoms with van der Waals surface area (Å²) in [5, 5.41) is 20.5. The monoisotopic (exact) mass is 548 g/mol. The second kappa shape index (κ2) is 8.42. The van der Waals surface area contributed by atoms with Gasteiger partial charge in [0.2, 0.25) is 0 Å². The number of nitrogens with zero attached hydrogens (tertiary/aromatic N) is 2. The molecule has 0 radical (unpaired) electrons. The largest absolute Gasteiger partial charge is 0.312 e. The zero-order valence-electron chi connectivity index (χ0n) is 20.7. The molecule has 0 saturated carbocycles. The summed E-state index contributed by atoms with van der Waals surface area (Å²) >= 11 is 4.56. The smallest absolute Gasteiger partial charge is 0.270 e. The molecule has 2 aromatic carbocycles. The summed E-state index contributed by atoms with van der Waals surface area (Å²) < 4.78 is 1.94. The summed E-state index contributed by atoms with van der Waals surface area (Å²) in [6.07, 6.45) is 0.815. The SMILES string of the molecule is CC1(C)Cc2c(sc(NC(=O)c3cc4cc([N+](=O)[O-])ccc4s3)c2-c2nc3ccccc3s2)C(C)(C)N1. The number of fused-ring (bicyclic) bond motifs is 3. The molecule has 2 N–H and O–H groups in total. The fourth-order valence-corrected chi connectivity index (χ4v) is 8.56. The number of nitrogens with one attached hydrogen (secondary N) is 2. The van der Waals surface area contributed by atoms with E-state index in [-0.39, 0.29) is 22.7 Å². The van der Waals surface area contributed by atoms with Crippen LogP contribution in [0.5, 0.6) is 0 Å². The van der Waals surface area contributed by atoms with E-state index in [0.29, 0.717) is 10.3 Å². The Morgan fingerprint density at radius 2 is 1.84 bits per heavy atom. The Hall–Kier alpha value is -3.18. The standard InChI is InChI=1S/C27H24N4O3S3/c1-26(2)13-16-21(24-28-17-7-5-6-8-19(17)36-24)25(37-22(16)27(3,4)30-26)29-23(32)20-12-14-11-15(31(33)34)9-10-18(14)35-20/h5-12,30H,13H2,1-4H3,(H,29,32). The van der Waals surface area contributed by atoms with Crippen LogP contribution in [0.1, 0.15) is 47.8 Å². The van der Waals surface area contributed by atoms with Crippen molar-refractivity contribution >= 4 is 70.9 Å². The predicted molar refractivity (Wildman–Crippen MR) is 153 cm³/mol. The van der Waals surface area contributed by atoms with Crippen molar-refractivity contribution in [1.82, 2.24) is 10.3 Å². The topological polar surface area (TPSA) is 97.2 Å². The lowest BCUT2D eigenvalue weighted by molar-refractivity contribution is -0.384. The minimum Gasteiger partial charge on any atom is -0.312 e. The number of rotatable bonds is 4. The average Bonchev–Trinajstić information content (AvgIpc) is 3.51. The van der Waals surface area contributed by atoms with Gasteiger partial charge in [0.1, 0.15) is 10.0 Å². The maximum Gasteiger partial charge on any atom is 0.270 e. The molecule has 7 nitrogen and oxygen atoms in total. The zero-order chi connectivity index (χ0) is 26.1. The van der Waals surface area contributed by atoms with Gasteiger partial charge < -0.3 is 10.6 Å². The first kappa shape index (κ1) is 24.2. The number of nitro benzene ring substituents is 1. The van der Waals surface area contributed by atoms with Gasteiger partial charge >= 0.3 is 0 Å². The Balaban J connectivity index is 1.46. The van der Waals surface area contributed by atoms with E-state index >= 15 is 0 Å². The highest BCUT2D eigenvalue weighted by molar-refractivity contribution is 7.23. The molecule has 0 saturated heterocycles. The van der Waals surface area contributed by atoms with Crippen LogP contribution in [0.25, 0.3) is 30.9 Å². The average molecular weight is 549 g/mol. The van der Waals surface area contributed by atoms with Crippen molar-refractivity contribution in [3.05, 3.63) is 74.0 Å². The fraction of sp³-hybridized carbons (Fsp3) is 0.259. The number of thiazole rings is 1. The van der Waals surface area contributed by atoms with Crippen LogP contribution in [0.2, 0.25) is 0 Å². The number of para-hydroxylation sites is 1. The van der Waals surface area contributed by atoms with E-state index in [1.807, 2.05) is 18.2 Å². The summed E-state index contributed by atoms with van der Waals surface area (Å²) in [5.74, 6) is -0.227. The first-order valence-corrected chi connectivity index (χ1v) is 14.3. The Kier molecular flexibility index (Phi) is 5.50. The van der Waals surface area contributed by atoms with Gasteiger partial charge in [-0.1, -0.05) is 12.1 Å². The Morgan fingerprint density at radius 3 is 2.59 bits per heavy atom. The molecule has 1 aliphatic rings. The summed E-state index contributed by atoms with van der Waals surface area (Å²) in [4.78, 5) is 30.9. The van der Waals surface area contributed by atoms with Gasteiger partial charge in [0.25, 0.3) is 11.6 Å². The molecule has 1 amide bonds. The van der Waals surface area contributed by atoms with Gasteiger partial charge in [-0.05, 0) is 63.9 Å². The van der Waals surface area contributed by atoms with Gasteiger partial charge in [0.15, 0.2) is 0 Å². The Morgan fingerprint density at radius 1 is 1.05 bits per heavy atom. The van der Waals surface area contributed by atoms with Crippen LogP contribution in [0, 0.1) is 10.1 Å². The number of non-ortho nitro benzene ring substituents is 1. The van der Waals surface area contributed by atoms with Crippen LogP contribution < -0.4 is 10.6 Å². The normalized spacial score (nSPS) is 16.1. The van der Waals surface area contributed by atoms with Crippen molar-refractivity contribution < 1.29 is 9.72 Å². The fourth-order valence-electron chi connectivity index (χ4n) is 5.24. The highest BCUT2D eigenvalue weighted by atomic mass is 32.1. The second-order valence-corrected chi connectivity index (χ2v) is 13.6. The van der Waals surface area contributed by atoms with Crippen molar-refractivity contribution in [3.8, 4) is 10.6 Å². The Bertz CT molecular complexity index is 1690. The molecular weight excluding hydrogens is 525 g/mol. The maximum atomic E-state index is 13.5. The van der Waals surface area contributed by atoms with Gasteiger partial charge in [-0.3, -0.25) is 14.9 Å². The lowest BCUT2D eigenvalue weighted by Crippen LogP contribution is -2.54. The van der Waals surface area contributed by atoms with Crippen LogP contribution in [0.3, 0.4) is 0 Å². The van der Waals surface area contributed by atoms with Crippen molar-refractivity contribution in [3.63, 3.8) is 0 Å². The Labute approximate surface area is 225 Å². The molecule has 188 valence electrons. The van der Waals surface area contributed by atoms with E-state index in [4.69, 9.17) is 4.98 Å². The molecule has 5 aromatic rings. The van der Waals surface area contributed by atoms with Crippen molar-refractivity contribution in [2.75, 3.05) is 5.32 Å². The molecule has 3 aromatic heterocycles. The van der Waals surface area contributed by atoms with Crippen molar-refractivity contribution in [2.24, 2.45) is 0 Å². The van der Waals surface area contributed by atoms with Crippen LogP contribution in [-0.4, -0.2) is 21.4 Å². The third-order valence-corrected chi connectivity index (χ3v) is 10.2. The van der Waals surface area contributed by atoms with Crippen molar-refractivity contribution in [2.45, 2.75) is 45.2 Å². The summed E-state index contributed by atoms with van der Waals surface area (Å²) in [7, 11) is 0. The minimum absolute atomic E-state index is 0.0126. The van der Waals surface area contributed by atoms with E-state index in [0.717, 1.165) is 36.9 Å². The molecule has 0 aliphatic carbocycles. The highest BCUT2D eigenvalue weighted by Gasteiger charge is 2.41. The first-order chi connectivity index (χ1) is 17.5. The highest BCUT2D eigenvalue weighted by Crippen LogP contribution is 2.50. The molecule has 0 bridgehead atoms. The van der Waals surface area contributed by atoms with Crippen LogP contribution in [0.4, 0.5) is 10.7 Å². The molecule has 0 fully saturated rings. The van der Waals surface area contributed by atoms with Gasteiger partial charge in [-0.15, -0.1) is 34.0 Å². The number of thiophene rings is 2. The van der Waals surface area contributed by atoms with E-state index in [1.54, 1.807) is 34.8 Å². The molecule has 0 unspecified atom stereocenters. The summed E-state index contributed by atoms with van der Waals surface area (Å²) in [6, 6.07) is 14.5. The number of anilines is 1. The summed E-state index contributed by atoms with van der Waals surface area (Å²) in [6.45, 7) is 8.75. The quantitative estimate of drug-likeness (QED) is 0.178. The number of amides is 1. The number of hydrogen-bond acceptors (Lipinski definition) is 8. The van der Waals surface area contributed by atoms with E-state index < -0.39 is 4.92 Å². The lowest BCUT2D eigenvalue weighted by atomic mass is 9.81. The van der Waals surface area contributed by atoms with Crippen molar-refractivity contribution in [1.29, 1.82) is 0 Å². The lowest BCUT2D eigenvalue weighted by Gasteiger charge is -2.42. The van der Waals surface area contributed by atoms with Gasteiger partial charge in [-0.2, -0.15) is 0 Å². The molecular formula is C27H24N4O3S3. The van der Waals surface area contributed by atoms with E-state index in [9.17, 15) is 14.9 Å². The van der Waals surface area contributed by atoms with Gasteiger partial charge in [-0.25, -0.2) is 4.98 Å². The van der Waals surface area contributed by atoms with Gasteiger partial charge in [0, 0.05) is 43.7 Å². The summed E-state index contributed by atoms with van der Waals surface area (Å²) in [5.41, 5.74) is 2.78. The number of carbonyl (C=O) groups is 1. The number of aromatic nitrogens is 1. The third-order valence-electron chi connectivity index (χ3n) is 6.51. The molecule has 0 atom stereocenters. The third kappa shape index (κ3) is 4.23. The minimum atomic E-state index is -0.422. The molecule has 0 spiro atoms. The number of nitro groups is 1. The molecule has 10 heteroatoms. The van der Waals surface area contributed by atoms with E-state index in [2.05, 4.69) is 44.4 Å².